The zero-order chi connectivity index (χ0) is 13.0. The Kier molecular flexibility index (Phi) is 4.04. The van der Waals surface area contributed by atoms with E-state index in [1.54, 1.807) is 12.3 Å². The van der Waals surface area contributed by atoms with E-state index in [-0.39, 0.29) is 24.0 Å². The molecule has 1 heterocycles. The van der Waals surface area contributed by atoms with Gasteiger partial charge in [-0.25, -0.2) is 0 Å². The molecule has 1 aliphatic rings. The molecule has 0 radical (unpaired) electrons. The molecule has 2 rings (SSSR count). The molecular formula is C13H20N2O3. The Morgan fingerprint density at radius 2 is 2.39 bits per heavy atom. The number of furan rings is 1. The van der Waals surface area contributed by atoms with Crippen LogP contribution in [0.2, 0.25) is 0 Å². The van der Waals surface area contributed by atoms with Crippen LogP contribution in [0.1, 0.15) is 25.5 Å². The van der Waals surface area contributed by atoms with Gasteiger partial charge in [-0.1, -0.05) is 0 Å². The number of aliphatic hydroxyl groups is 1. The highest BCUT2D eigenvalue weighted by atomic mass is 16.3. The molecule has 1 aliphatic carbocycles. The first-order valence-electron chi connectivity index (χ1n) is 6.30. The van der Waals surface area contributed by atoms with E-state index >= 15 is 0 Å². The summed E-state index contributed by atoms with van der Waals surface area (Å²) >= 11 is 0. The lowest BCUT2D eigenvalue weighted by molar-refractivity contribution is -0.123. The summed E-state index contributed by atoms with van der Waals surface area (Å²) in [5, 5.41) is 15.1. The Morgan fingerprint density at radius 3 is 2.94 bits per heavy atom. The third kappa shape index (κ3) is 3.34. The van der Waals surface area contributed by atoms with Gasteiger partial charge in [0, 0.05) is 18.6 Å². The molecule has 1 amide bonds. The summed E-state index contributed by atoms with van der Waals surface area (Å²) in [6, 6.07) is 3.36. The van der Waals surface area contributed by atoms with Crippen molar-refractivity contribution in [1.29, 1.82) is 0 Å². The van der Waals surface area contributed by atoms with Crippen LogP contribution in [-0.4, -0.2) is 30.2 Å². The van der Waals surface area contributed by atoms with E-state index in [0.717, 1.165) is 18.6 Å². The largest absolute Gasteiger partial charge is 0.467 e. The molecule has 0 aliphatic heterocycles. The fourth-order valence-electron chi connectivity index (χ4n) is 1.77. The van der Waals surface area contributed by atoms with Crippen LogP contribution in [0.4, 0.5) is 0 Å². The molecule has 0 bridgehead atoms. The van der Waals surface area contributed by atoms with Crippen LogP contribution in [0.3, 0.4) is 0 Å². The van der Waals surface area contributed by atoms with Gasteiger partial charge in [-0.2, -0.15) is 0 Å². The van der Waals surface area contributed by atoms with Crippen molar-refractivity contribution in [1.82, 2.24) is 10.6 Å². The van der Waals surface area contributed by atoms with E-state index in [1.807, 2.05) is 13.0 Å². The zero-order valence-corrected chi connectivity index (χ0v) is 10.6. The number of aliphatic hydroxyl groups excluding tert-OH is 1. The smallest absolute Gasteiger partial charge is 0.237 e. The summed E-state index contributed by atoms with van der Waals surface area (Å²) in [4.78, 5) is 11.8. The summed E-state index contributed by atoms with van der Waals surface area (Å²) in [5.74, 6) is 0.685. The van der Waals surface area contributed by atoms with Gasteiger partial charge in [0.25, 0.3) is 0 Å². The number of nitrogens with one attached hydrogen (secondary N) is 2. The number of amides is 1. The molecular weight excluding hydrogens is 232 g/mol. The minimum atomic E-state index is -0.260. The van der Waals surface area contributed by atoms with Gasteiger partial charge < -0.3 is 20.2 Å². The Morgan fingerprint density at radius 1 is 1.61 bits per heavy atom. The summed E-state index contributed by atoms with van der Waals surface area (Å²) in [6.45, 7) is 3.12. The monoisotopic (exact) mass is 252 g/mol. The highest BCUT2D eigenvalue weighted by Crippen LogP contribution is 2.44. The van der Waals surface area contributed by atoms with Gasteiger partial charge in [-0.15, -0.1) is 0 Å². The van der Waals surface area contributed by atoms with Crippen LogP contribution < -0.4 is 10.6 Å². The molecule has 3 N–H and O–H groups in total. The van der Waals surface area contributed by atoms with Gasteiger partial charge in [0.05, 0.1) is 18.8 Å². The second-order valence-electron chi connectivity index (χ2n) is 5.06. The Bertz CT molecular complexity index is 385. The molecule has 1 aromatic rings. The maximum Gasteiger partial charge on any atom is 0.237 e. The van der Waals surface area contributed by atoms with Crippen molar-refractivity contribution >= 4 is 5.91 Å². The second-order valence-corrected chi connectivity index (χ2v) is 5.06. The summed E-state index contributed by atoms with van der Waals surface area (Å²) < 4.78 is 5.14. The number of hydrogen-bond acceptors (Lipinski definition) is 4. The normalized spacial score (nSPS) is 18.3. The predicted octanol–water partition coefficient (Wildman–Crippen LogP) is 0.646. The minimum absolute atomic E-state index is 0.0234. The van der Waals surface area contributed by atoms with E-state index in [9.17, 15) is 9.90 Å². The lowest BCUT2D eigenvalue weighted by Crippen LogP contribution is -2.44. The quantitative estimate of drug-likeness (QED) is 0.666. The molecule has 1 atom stereocenters. The van der Waals surface area contributed by atoms with E-state index < -0.39 is 0 Å². The van der Waals surface area contributed by atoms with E-state index in [4.69, 9.17) is 4.42 Å². The van der Waals surface area contributed by atoms with Crippen LogP contribution in [0.15, 0.2) is 22.8 Å². The standard InChI is InChI=1S/C13H20N2O3/c1-10(15-8-13(9-16)4-5-13)12(17)14-7-11-3-2-6-18-11/h2-3,6,10,15-16H,4-5,7-9H2,1H3,(H,14,17). The van der Waals surface area contributed by atoms with Gasteiger partial charge in [-0.05, 0) is 31.9 Å². The molecule has 100 valence electrons. The first-order chi connectivity index (χ1) is 8.65. The number of hydrogen-bond donors (Lipinski definition) is 3. The Labute approximate surface area is 107 Å². The fourth-order valence-corrected chi connectivity index (χ4v) is 1.77. The number of rotatable bonds is 7. The van der Waals surface area contributed by atoms with E-state index in [0.29, 0.717) is 13.1 Å². The molecule has 5 heteroatoms. The van der Waals surface area contributed by atoms with Crippen LogP contribution in [0.25, 0.3) is 0 Å². The van der Waals surface area contributed by atoms with Gasteiger partial charge in [-0.3, -0.25) is 4.79 Å². The number of carbonyl (C=O) groups is 1. The van der Waals surface area contributed by atoms with Crippen molar-refractivity contribution < 1.29 is 14.3 Å². The lowest BCUT2D eigenvalue weighted by Gasteiger charge is -2.17. The van der Waals surface area contributed by atoms with Gasteiger partial charge in [0.2, 0.25) is 5.91 Å². The third-order valence-corrected chi connectivity index (χ3v) is 3.49. The highest BCUT2D eigenvalue weighted by molar-refractivity contribution is 5.81. The maximum atomic E-state index is 11.8. The fraction of sp³-hybridized carbons (Fsp3) is 0.615. The SMILES string of the molecule is CC(NCC1(CO)CC1)C(=O)NCc1ccco1. The van der Waals surface area contributed by atoms with Crippen LogP contribution in [-0.2, 0) is 11.3 Å². The van der Waals surface area contributed by atoms with Crippen LogP contribution >= 0.6 is 0 Å². The molecule has 0 aromatic carbocycles. The van der Waals surface area contributed by atoms with Crippen LogP contribution in [0, 0.1) is 5.41 Å². The Balaban J connectivity index is 1.68. The average molecular weight is 252 g/mol. The third-order valence-electron chi connectivity index (χ3n) is 3.49. The van der Waals surface area contributed by atoms with Crippen molar-refractivity contribution in [3.8, 4) is 0 Å². The number of carbonyl (C=O) groups excluding carboxylic acids is 1. The van der Waals surface area contributed by atoms with Crippen molar-refractivity contribution in [3.05, 3.63) is 24.2 Å². The molecule has 0 spiro atoms. The van der Waals surface area contributed by atoms with Crippen molar-refractivity contribution in [2.75, 3.05) is 13.2 Å². The first-order valence-corrected chi connectivity index (χ1v) is 6.30. The predicted molar refractivity (Wildman–Crippen MR) is 66.8 cm³/mol. The van der Waals surface area contributed by atoms with Crippen LogP contribution in [0.5, 0.6) is 0 Å². The van der Waals surface area contributed by atoms with Crippen molar-refractivity contribution in [2.45, 2.75) is 32.4 Å². The maximum absolute atomic E-state index is 11.8. The molecule has 5 nitrogen and oxygen atoms in total. The van der Waals surface area contributed by atoms with Crippen molar-refractivity contribution in [3.63, 3.8) is 0 Å². The molecule has 0 saturated heterocycles. The summed E-state index contributed by atoms with van der Waals surface area (Å²) in [6.07, 6.45) is 3.66. The van der Waals surface area contributed by atoms with Crippen molar-refractivity contribution in [2.24, 2.45) is 5.41 Å². The molecule has 18 heavy (non-hydrogen) atoms. The Hall–Kier alpha value is -1.33. The molecule has 1 saturated carbocycles. The average Bonchev–Trinajstić information content (AvgIpc) is 2.99. The van der Waals surface area contributed by atoms with E-state index in [1.165, 1.54) is 0 Å². The molecule has 1 aromatic heterocycles. The summed E-state index contributed by atoms with van der Waals surface area (Å²) in [5.41, 5.74) is 0.0234. The van der Waals surface area contributed by atoms with Gasteiger partial charge >= 0.3 is 0 Å². The highest BCUT2D eigenvalue weighted by Gasteiger charge is 2.41. The molecule has 1 fully saturated rings. The van der Waals surface area contributed by atoms with E-state index in [2.05, 4.69) is 10.6 Å². The first kappa shape index (κ1) is 13.1. The topological polar surface area (TPSA) is 74.5 Å². The second kappa shape index (κ2) is 5.54. The zero-order valence-electron chi connectivity index (χ0n) is 10.6. The minimum Gasteiger partial charge on any atom is -0.467 e. The lowest BCUT2D eigenvalue weighted by atomic mass is 10.1. The van der Waals surface area contributed by atoms with Gasteiger partial charge in [0.1, 0.15) is 5.76 Å². The van der Waals surface area contributed by atoms with Gasteiger partial charge in [0.15, 0.2) is 0 Å². The summed E-state index contributed by atoms with van der Waals surface area (Å²) in [7, 11) is 0. The molecule has 1 unspecified atom stereocenters.